The second-order valence-electron chi connectivity index (χ2n) is 9.74. The highest BCUT2D eigenvalue weighted by molar-refractivity contribution is 9.10. The maximum Gasteiger partial charge on any atom is 0.433 e. The summed E-state index contributed by atoms with van der Waals surface area (Å²) in [6.45, 7) is 4.20. The molecule has 0 aliphatic carbocycles. The SMILES string of the molecule is CCCCCCCCCCCCCCCCCCNC(=O)c1nn2c(C(F)(F)F)cc(C)nc2c1Br. The minimum Gasteiger partial charge on any atom is -0.351 e. The van der Waals surface area contributed by atoms with Gasteiger partial charge in [-0.15, -0.1) is 0 Å². The molecule has 0 aromatic carbocycles. The highest BCUT2D eigenvalue weighted by Crippen LogP contribution is 2.32. The van der Waals surface area contributed by atoms with Crippen molar-refractivity contribution in [3.63, 3.8) is 0 Å². The average Bonchev–Trinajstić information content (AvgIpc) is 3.16. The van der Waals surface area contributed by atoms with Gasteiger partial charge in [0.25, 0.3) is 5.91 Å². The van der Waals surface area contributed by atoms with E-state index in [0.717, 1.165) is 25.3 Å². The largest absolute Gasteiger partial charge is 0.433 e. The lowest BCUT2D eigenvalue weighted by molar-refractivity contribution is -0.142. The van der Waals surface area contributed by atoms with E-state index in [-0.39, 0.29) is 21.5 Å². The van der Waals surface area contributed by atoms with Crippen molar-refractivity contribution in [1.82, 2.24) is 19.9 Å². The summed E-state index contributed by atoms with van der Waals surface area (Å²) in [7, 11) is 0. The predicted octanol–water partition coefficient (Wildman–Crippen LogP) is 8.81. The number of aromatic nitrogens is 3. The summed E-state index contributed by atoms with van der Waals surface area (Å²) < 4.78 is 40.9. The van der Waals surface area contributed by atoms with E-state index >= 15 is 0 Å². The first-order valence-corrected chi connectivity index (χ1v) is 14.5. The Morgan fingerprint density at radius 2 is 1.36 bits per heavy atom. The molecule has 0 atom stereocenters. The average molecular weight is 576 g/mol. The minimum atomic E-state index is -4.60. The van der Waals surface area contributed by atoms with Crippen molar-refractivity contribution in [1.29, 1.82) is 0 Å². The molecular weight excluding hydrogens is 533 g/mol. The molecule has 204 valence electrons. The van der Waals surface area contributed by atoms with Crippen molar-refractivity contribution in [2.45, 2.75) is 123 Å². The van der Waals surface area contributed by atoms with E-state index in [2.05, 4.69) is 38.3 Å². The number of fused-ring (bicyclic) bond motifs is 1. The Morgan fingerprint density at radius 3 is 1.83 bits per heavy atom. The highest BCUT2D eigenvalue weighted by atomic mass is 79.9. The van der Waals surface area contributed by atoms with E-state index < -0.39 is 17.8 Å². The van der Waals surface area contributed by atoms with Gasteiger partial charge in [0, 0.05) is 12.2 Å². The molecule has 9 heteroatoms. The first-order chi connectivity index (χ1) is 17.3. The fraction of sp³-hybridized carbons (Fsp3) is 0.741. The van der Waals surface area contributed by atoms with Crippen LogP contribution in [0.3, 0.4) is 0 Å². The van der Waals surface area contributed by atoms with Crippen molar-refractivity contribution in [2.24, 2.45) is 0 Å². The first kappa shape index (κ1) is 30.6. The van der Waals surface area contributed by atoms with Crippen LogP contribution in [-0.4, -0.2) is 27.0 Å². The van der Waals surface area contributed by atoms with Gasteiger partial charge in [0.05, 0.1) is 4.47 Å². The first-order valence-electron chi connectivity index (χ1n) is 13.7. The van der Waals surface area contributed by atoms with Gasteiger partial charge in [-0.05, 0) is 35.3 Å². The van der Waals surface area contributed by atoms with E-state index in [0.29, 0.717) is 11.1 Å². The molecule has 0 saturated heterocycles. The van der Waals surface area contributed by atoms with Crippen LogP contribution < -0.4 is 5.32 Å². The van der Waals surface area contributed by atoms with E-state index in [4.69, 9.17) is 0 Å². The minimum absolute atomic E-state index is 0.0186. The maximum absolute atomic E-state index is 13.4. The Morgan fingerprint density at radius 1 is 0.889 bits per heavy atom. The van der Waals surface area contributed by atoms with Gasteiger partial charge in [-0.2, -0.15) is 18.3 Å². The zero-order valence-electron chi connectivity index (χ0n) is 21.9. The van der Waals surface area contributed by atoms with Crippen molar-refractivity contribution in [2.75, 3.05) is 6.54 Å². The second-order valence-corrected chi connectivity index (χ2v) is 10.5. The van der Waals surface area contributed by atoms with E-state index in [1.165, 1.54) is 90.4 Å². The van der Waals surface area contributed by atoms with Gasteiger partial charge in [-0.25, -0.2) is 9.50 Å². The van der Waals surface area contributed by atoms with Gasteiger partial charge >= 0.3 is 6.18 Å². The number of aryl methyl sites for hydroxylation is 1. The van der Waals surface area contributed by atoms with Crippen LogP contribution in [0.15, 0.2) is 10.5 Å². The van der Waals surface area contributed by atoms with Crippen LogP contribution in [0.25, 0.3) is 5.65 Å². The number of hydrogen-bond donors (Lipinski definition) is 1. The molecule has 36 heavy (non-hydrogen) atoms. The highest BCUT2D eigenvalue weighted by Gasteiger charge is 2.36. The standard InChI is InChI=1S/C27H42BrF3N4O/c1-3-4-5-6-7-8-9-10-11-12-13-14-15-16-17-18-19-32-26(36)24-23(28)25-33-21(2)20-22(27(29,30)31)35(25)34-24/h20H,3-19H2,1-2H3,(H,32,36). The Kier molecular flexibility index (Phi) is 13.8. The Bertz CT molecular complexity index is 930. The van der Waals surface area contributed by atoms with E-state index in [9.17, 15) is 18.0 Å². The van der Waals surface area contributed by atoms with Crippen molar-refractivity contribution >= 4 is 27.5 Å². The number of carbonyl (C=O) groups is 1. The number of nitrogens with zero attached hydrogens (tertiary/aromatic N) is 3. The lowest BCUT2D eigenvalue weighted by Crippen LogP contribution is -2.25. The normalized spacial score (nSPS) is 11.9. The van der Waals surface area contributed by atoms with Crippen LogP contribution in [0.1, 0.15) is 132 Å². The third kappa shape index (κ3) is 10.4. The smallest absolute Gasteiger partial charge is 0.351 e. The summed E-state index contributed by atoms with van der Waals surface area (Å²) in [6, 6.07) is 0.921. The van der Waals surface area contributed by atoms with E-state index in [1.807, 2.05) is 0 Å². The topological polar surface area (TPSA) is 59.3 Å². The molecule has 2 heterocycles. The molecule has 0 spiro atoms. The van der Waals surface area contributed by atoms with Crippen LogP contribution in [0.2, 0.25) is 0 Å². The number of amides is 1. The predicted molar refractivity (Wildman–Crippen MR) is 142 cm³/mol. The Balaban J connectivity index is 1.56. The monoisotopic (exact) mass is 574 g/mol. The molecule has 1 amide bonds. The fourth-order valence-corrected chi connectivity index (χ4v) is 4.93. The van der Waals surface area contributed by atoms with Crippen molar-refractivity contribution < 1.29 is 18.0 Å². The number of rotatable bonds is 18. The lowest BCUT2D eigenvalue weighted by atomic mass is 10.0. The molecule has 2 aromatic rings. The molecule has 0 bridgehead atoms. The van der Waals surface area contributed by atoms with Crippen molar-refractivity contribution in [3.8, 4) is 0 Å². The van der Waals surface area contributed by atoms with Crippen LogP contribution >= 0.6 is 15.9 Å². The number of carbonyl (C=O) groups excluding carboxylic acids is 1. The molecule has 0 radical (unpaired) electrons. The summed E-state index contributed by atoms with van der Waals surface area (Å²) in [4.78, 5) is 16.6. The Hall–Kier alpha value is -1.64. The summed E-state index contributed by atoms with van der Waals surface area (Å²) in [5, 5.41) is 6.66. The van der Waals surface area contributed by atoms with Gasteiger partial charge in [-0.3, -0.25) is 4.79 Å². The third-order valence-electron chi connectivity index (χ3n) is 6.48. The number of nitrogens with one attached hydrogen (secondary N) is 1. The summed E-state index contributed by atoms with van der Waals surface area (Å²) in [6.07, 6.45) is 15.8. The summed E-state index contributed by atoms with van der Waals surface area (Å²) in [5.41, 5.74) is -0.858. The van der Waals surface area contributed by atoms with Crippen LogP contribution in [0.4, 0.5) is 13.2 Å². The second kappa shape index (κ2) is 16.3. The van der Waals surface area contributed by atoms with Crippen LogP contribution in [-0.2, 0) is 6.18 Å². The Labute approximate surface area is 222 Å². The summed E-state index contributed by atoms with van der Waals surface area (Å²) in [5.74, 6) is -0.501. The zero-order chi connectivity index (χ0) is 26.4. The molecular formula is C27H42BrF3N4O. The van der Waals surface area contributed by atoms with Crippen LogP contribution in [0, 0.1) is 6.92 Å². The maximum atomic E-state index is 13.4. The van der Waals surface area contributed by atoms with E-state index in [1.54, 1.807) is 0 Å². The molecule has 0 saturated carbocycles. The van der Waals surface area contributed by atoms with Crippen molar-refractivity contribution in [3.05, 3.63) is 27.6 Å². The molecule has 1 N–H and O–H groups in total. The summed E-state index contributed by atoms with van der Waals surface area (Å²) >= 11 is 3.21. The fourth-order valence-electron chi connectivity index (χ4n) is 4.42. The molecule has 0 fully saturated rings. The molecule has 2 aromatic heterocycles. The lowest BCUT2D eigenvalue weighted by Gasteiger charge is -2.09. The number of halogens is 4. The van der Waals surface area contributed by atoms with Gasteiger partial charge < -0.3 is 5.32 Å². The molecule has 5 nitrogen and oxygen atoms in total. The number of alkyl halides is 3. The molecule has 0 aliphatic heterocycles. The third-order valence-corrected chi connectivity index (χ3v) is 7.21. The van der Waals surface area contributed by atoms with Crippen LogP contribution in [0.5, 0.6) is 0 Å². The zero-order valence-corrected chi connectivity index (χ0v) is 23.4. The van der Waals surface area contributed by atoms with Gasteiger partial charge in [0.15, 0.2) is 11.3 Å². The number of hydrogen-bond acceptors (Lipinski definition) is 3. The number of unbranched alkanes of at least 4 members (excludes halogenated alkanes) is 15. The van der Waals surface area contributed by atoms with Gasteiger partial charge in [0.2, 0.25) is 0 Å². The van der Waals surface area contributed by atoms with Gasteiger partial charge in [-0.1, -0.05) is 103 Å². The molecule has 2 rings (SSSR count). The van der Waals surface area contributed by atoms with Gasteiger partial charge in [0.1, 0.15) is 5.69 Å². The molecule has 0 unspecified atom stereocenters. The quantitative estimate of drug-likeness (QED) is 0.181. The molecule has 0 aliphatic rings.